The molecule has 6 heteroatoms. The van der Waals surface area contributed by atoms with Crippen LogP contribution in [-0.2, 0) is 4.79 Å². The first-order chi connectivity index (χ1) is 7.08. The van der Waals surface area contributed by atoms with Gasteiger partial charge in [0.25, 0.3) is 0 Å². The first kappa shape index (κ1) is 14.7. The fourth-order valence-electron chi connectivity index (χ4n) is 1.05. The number of carbonyl (C=O) groups is 1. The van der Waals surface area contributed by atoms with Gasteiger partial charge in [0.1, 0.15) is 0 Å². The minimum atomic E-state index is -0.102. The quantitative estimate of drug-likeness (QED) is 0.539. The number of anilines is 2. The van der Waals surface area contributed by atoms with E-state index >= 15 is 0 Å². The van der Waals surface area contributed by atoms with Crippen molar-refractivity contribution >= 4 is 29.7 Å². The number of hydrogen-bond acceptors (Lipinski definition) is 4. The van der Waals surface area contributed by atoms with Gasteiger partial charge in [-0.1, -0.05) is 6.07 Å². The van der Waals surface area contributed by atoms with E-state index in [1.807, 2.05) is 14.1 Å². The van der Waals surface area contributed by atoms with E-state index in [0.29, 0.717) is 11.4 Å². The molecular weight excluding hydrogens is 228 g/mol. The number of nitrogens with zero attached hydrogens (tertiary/aromatic N) is 1. The largest absolute Gasteiger partial charge is 0.399 e. The van der Waals surface area contributed by atoms with Crippen LogP contribution in [0.15, 0.2) is 24.3 Å². The third-order valence-corrected chi connectivity index (χ3v) is 1.73. The summed E-state index contributed by atoms with van der Waals surface area (Å²) in [5, 5.41) is 4.45. The fourth-order valence-corrected chi connectivity index (χ4v) is 1.05. The Hall–Kier alpha value is -1.30. The Morgan fingerprint density at radius 3 is 2.69 bits per heavy atom. The Morgan fingerprint density at radius 1 is 1.44 bits per heavy atom. The summed E-state index contributed by atoms with van der Waals surface area (Å²) in [4.78, 5) is 11.4. The van der Waals surface area contributed by atoms with Crippen LogP contribution in [-0.4, -0.2) is 31.6 Å². The van der Waals surface area contributed by atoms with E-state index in [-0.39, 0.29) is 24.9 Å². The minimum Gasteiger partial charge on any atom is -0.399 e. The van der Waals surface area contributed by atoms with E-state index < -0.39 is 0 Å². The van der Waals surface area contributed by atoms with Gasteiger partial charge in [-0.3, -0.25) is 9.80 Å². The van der Waals surface area contributed by atoms with Crippen molar-refractivity contribution in [1.29, 1.82) is 0 Å². The zero-order chi connectivity index (χ0) is 11.3. The van der Waals surface area contributed by atoms with Gasteiger partial charge in [-0.25, -0.2) is 5.43 Å². The number of benzene rings is 1. The molecule has 1 rings (SSSR count). The van der Waals surface area contributed by atoms with Gasteiger partial charge in [-0.05, 0) is 18.2 Å². The maximum Gasteiger partial charge on any atom is 0.239 e. The van der Waals surface area contributed by atoms with Gasteiger partial charge in [-0.2, -0.15) is 0 Å². The number of nitrogens with two attached hydrogens (primary N) is 1. The molecule has 0 saturated carbocycles. The second-order valence-electron chi connectivity index (χ2n) is 3.40. The third-order valence-electron chi connectivity index (χ3n) is 1.73. The number of carbonyl (C=O) groups excluding carboxylic acids is 1. The summed E-state index contributed by atoms with van der Waals surface area (Å²) < 4.78 is 0. The summed E-state index contributed by atoms with van der Waals surface area (Å²) in [5.74, 6) is -0.102. The number of amides is 1. The zero-order valence-electron chi connectivity index (χ0n) is 9.36. The van der Waals surface area contributed by atoms with Crippen molar-refractivity contribution < 1.29 is 4.79 Å². The van der Waals surface area contributed by atoms with Crippen molar-refractivity contribution in [3.05, 3.63) is 24.3 Å². The summed E-state index contributed by atoms with van der Waals surface area (Å²) in [6.45, 7) is 0.238. The molecule has 5 nitrogen and oxygen atoms in total. The van der Waals surface area contributed by atoms with E-state index in [1.165, 1.54) is 0 Å². The second kappa shape index (κ2) is 7.05. The Bertz CT molecular complexity index is 343. The standard InChI is InChI=1S/C10H16N4O.ClH/c1-14(2)12-7-10(15)13-9-5-3-4-8(11)6-9;/h3-6,12H,7,11H2,1-2H3,(H,13,15);1H. The lowest BCUT2D eigenvalue weighted by Gasteiger charge is -2.11. The molecule has 90 valence electrons. The van der Waals surface area contributed by atoms with E-state index in [4.69, 9.17) is 5.73 Å². The lowest BCUT2D eigenvalue weighted by Crippen LogP contribution is -2.37. The number of rotatable bonds is 4. The van der Waals surface area contributed by atoms with Gasteiger partial charge in [0.05, 0.1) is 6.54 Å². The van der Waals surface area contributed by atoms with E-state index in [9.17, 15) is 4.79 Å². The maximum absolute atomic E-state index is 11.4. The average molecular weight is 245 g/mol. The molecule has 1 aromatic carbocycles. The molecule has 0 unspecified atom stereocenters. The fraction of sp³-hybridized carbons (Fsp3) is 0.300. The summed E-state index contributed by atoms with van der Waals surface area (Å²) in [7, 11) is 3.65. The predicted octanol–water partition coefficient (Wildman–Crippen LogP) is 0.695. The second-order valence-corrected chi connectivity index (χ2v) is 3.40. The lowest BCUT2D eigenvalue weighted by molar-refractivity contribution is -0.116. The molecule has 0 aliphatic heterocycles. The van der Waals surface area contributed by atoms with Gasteiger partial charge < -0.3 is 11.1 Å². The van der Waals surface area contributed by atoms with Crippen LogP contribution in [0.1, 0.15) is 0 Å². The van der Waals surface area contributed by atoms with E-state index in [2.05, 4.69) is 10.7 Å². The Balaban J connectivity index is 0.00000225. The molecule has 0 radical (unpaired) electrons. The van der Waals surface area contributed by atoms with Gasteiger partial charge in [0.2, 0.25) is 5.91 Å². The van der Waals surface area contributed by atoms with Gasteiger partial charge in [0.15, 0.2) is 0 Å². The van der Waals surface area contributed by atoms with Crippen LogP contribution in [0.5, 0.6) is 0 Å². The van der Waals surface area contributed by atoms with Crippen LogP contribution in [0.3, 0.4) is 0 Å². The Labute approximate surface area is 101 Å². The van der Waals surface area contributed by atoms with Crippen LogP contribution in [0.25, 0.3) is 0 Å². The highest BCUT2D eigenvalue weighted by Gasteiger charge is 2.01. The van der Waals surface area contributed by atoms with Gasteiger partial charge >= 0.3 is 0 Å². The average Bonchev–Trinajstić information content (AvgIpc) is 2.15. The summed E-state index contributed by atoms with van der Waals surface area (Å²) in [5.41, 5.74) is 9.79. The molecule has 1 amide bonds. The van der Waals surface area contributed by atoms with Crippen molar-refractivity contribution in [3.63, 3.8) is 0 Å². The van der Waals surface area contributed by atoms with Gasteiger partial charge in [0, 0.05) is 25.5 Å². The first-order valence-electron chi connectivity index (χ1n) is 4.64. The molecule has 0 fully saturated rings. The molecule has 0 saturated heterocycles. The van der Waals surface area contributed by atoms with Crippen LogP contribution >= 0.6 is 12.4 Å². The monoisotopic (exact) mass is 244 g/mol. The predicted molar refractivity (Wildman–Crippen MR) is 68.4 cm³/mol. The number of nitrogen functional groups attached to an aromatic ring is 1. The lowest BCUT2D eigenvalue weighted by atomic mass is 10.3. The molecule has 0 aliphatic carbocycles. The van der Waals surface area contributed by atoms with Crippen molar-refractivity contribution in [2.24, 2.45) is 0 Å². The topological polar surface area (TPSA) is 70.4 Å². The van der Waals surface area contributed by atoms with Crippen molar-refractivity contribution in [2.75, 3.05) is 31.7 Å². The van der Waals surface area contributed by atoms with E-state index in [1.54, 1.807) is 29.3 Å². The summed E-state index contributed by atoms with van der Waals surface area (Å²) in [6.07, 6.45) is 0. The first-order valence-corrected chi connectivity index (χ1v) is 4.64. The molecule has 0 aromatic heterocycles. The molecule has 0 spiro atoms. The normalized spacial score (nSPS) is 9.69. The highest BCUT2D eigenvalue weighted by Crippen LogP contribution is 2.11. The van der Waals surface area contributed by atoms with Crippen LogP contribution < -0.4 is 16.5 Å². The number of halogens is 1. The van der Waals surface area contributed by atoms with Crippen LogP contribution in [0.2, 0.25) is 0 Å². The number of hydrogen-bond donors (Lipinski definition) is 3. The maximum atomic E-state index is 11.4. The molecule has 4 N–H and O–H groups in total. The van der Waals surface area contributed by atoms with Crippen molar-refractivity contribution in [3.8, 4) is 0 Å². The molecule has 0 aliphatic rings. The highest BCUT2D eigenvalue weighted by molar-refractivity contribution is 5.92. The number of nitrogens with one attached hydrogen (secondary N) is 2. The number of hydrazine groups is 1. The molecule has 1 aromatic rings. The van der Waals surface area contributed by atoms with Crippen molar-refractivity contribution in [2.45, 2.75) is 0 Å². The van der Waals surface area contributed by atoms with Gasteiger partial charge in [-0.15, -0.1) is 12.4 Å². The zero-order valence-corrected chi connectivity index (χ0v) is 10.2. The summed E-state index contributed by atoms with van der Waals surface area (Å²) >= 11 is 0. The Morgan fingerprint density at radius 2 is 2.12 bits per heavy atom. The van der Waals surface area contributed by atoms with Crippen LogP contribution in [0, 0.1) is 0 Å². The smallest absolute Gasteiger partial charge is 0.239 e. The molecule has 0 atom stereocenters. The molecule has 0 heterocycles. The van der Waals surface area contributed by atoms with Crippen molar-refractivity contribution in [1.82, 2.24) is 10.4 Å². The SMILES string of the molecule is CN(C)NCC(=O)Nc1cccc(N)c1.Cl. The Kier molecular flexibility index (Phi) is 6.48. The van der Waals surface area contributed by atoms with Crippen LogP contribution in [0.4, 0.5) is 11.4 Å². The molecule has 16 heavy (non-hydrogen) atoms. The molecule has 0 bridgehead atoms. The van der Waals surface area contributed by atoms with E-state index in [0.717, 1.165) is 0 Å². The summed E-state index contributed by atoms with van der Waals surface area (Å²) in [6, 6.07) is 7.08. The third kappa shape index (κ3) is 5.55. The highest BCUT2D eigenvalue weighted by atomic mass is 35.5. The minimum absolute atomic E-state index is 0. The molecular formula is C10H17ClN4O.